The Labute approximate surface area is 127 Å². The first-order valence-corrected chi connectivity index (χ1v) is 7.07. The number of carboxylic acid groups (broad SMARTS) is 1. The smallest absolute Gasteiger partial charge is 0.323 e. The van der Waals surface area contributed by atoms with Gasteiger partial charge in [-0.15, -0.1) is 0 Å². The lowest BCUT2D eigenvalue weighted by molar-refractivity contribution is -0.138. The van der Waals surface area contributed by atoms with E-state index in [0.29, 0.717) is 17.9 Å². The van der Waals surface area contributed by atoms with Crippen molar-refractivity contribution in [2.45, 2.75) is 33.2 Å². The van der Waals surface area contributed by atoms with Crippen LogP contribution in [0.4, 0.5) is 0 Å². The van der Waals surface area contributed by atoms with Crippen LogP contribution >= 0.6 is 0 Å². The van der Waals surface area contributed by atoms with Gasteiger partial charge < -0.3 is 14.4 Å². The number of H-pyrrole nitrogens is 1. The van der Waals surface area contributed by atoms with Crippen LogP contribution in [0.15, 0.2) is 22.6 Å². The Bertz CT molecular complexity index is 674. The second-order valence-electron chi connectivity index (χ2n) is 5.16. The molecule has 2 N–H and O–H groups in total. The maximum Gasteiger partial charge on any atom is 0.323 e. The van der Waals surface area contributed by atoms with Crippen LogP contribution in [-0.2, 0) is 4.79 Å². The van der Waals surface area contributed by atoms with Gasteiger partial charge >= 0.3 is 5.97 Å². The Balaban J connectivity index is 2.24. The number of carboxylic acids is 1. The van der Waals surface area contributed by atoms with Gasteiger partial charge in [0.1, 0.15) is 18.0 Å². The lowest BCUT2D eigenvalue weighted by atomic mass is 10.2. The van der Waals surface area contributed by atoms with Crippen LogP contribution in [0.2, 0.25) is 0 Å². The molecule has 1 amide bonds. The summed E-state index contributed by atoms with van der Waals surface area (Å²) in [5.41, 5.74) is 0.751. The predicted octanol–water partition coefficient (Wildman–Crippen LogP) is 2.30. The van der Waals surface area contributed by atoms with Gasteiger partial charge in [0.25, 0.3) is 5.91 Å². The second kappa shape index (κ2) is 6.46. The average Bonchev–Trinajstić information content (AvgIpc) is 3.11. The molecule has 1 atom stereocenters. The van der Waals surface area contributed by atoms with Crippen molar-refractivity contribution in [1.82, 2.24) is 15.1 Å². The summed E-state index contributed by atoms with van der Waals surface area (Å²) in [6, 6.07) is 4.97. The molecule has 0 aromatic carbocycles. The lowest BCUT2D eigenvalue weighted by Crippen LogP contribution is -2.42. The summed E-state index contributed by atoms with van der Waals surface area (Å²) >= 11 is 0. The number of aliphatic carboxylic acids is 1. The number of furan rings is 1. The summed E-state index contributed by atoms with van der Waals surface area (Å²) in [4.78, 5) is 24.7. The van der Waals surface area contributed by atoms with E-state index in [1.54, 1.807) is 12.1 Å². The van der Waals surface area contributed by atoms with Crippen LogP contribution in [0.1, 0.15) is 36.5 Å². The molecule has 0 aliphatic heterocycles. The molecule has 0 spiro atoms. The van der Waals surface area contributed by atoms with Gasteiger partial charge in [-0.05, 0) is 32.4 Å². The van der Waals surface area contributed by atoms with Gasteiger partial charge in [0.2, 0.25) is 0 Å². The number of hydrogen-bond donors (Lipinski definition) is 2. The first-order valence-electron chi connectivity index (χ1n) is 7.07. The Kier molecular flexibility index (Phi) is 4.65. The third-order valence-electron chi connectivity index (χ3n) is 3.49. The molecule has 118 valence electrons. The molecule has 2 rings (SSSR count). The van der Waals surface area contributed by atoms with E-state index in [1.165, 1.54) is 4.90 Å². The highest BCUT2D eigenvalue weighted by Crippen LogP contribution is 2.21. The number of aromatic nitrogens is 2. The van der Waals surface area contributed by atoms with Crippen molar-refractivity contribution < 1.29 is 19.1 Å². The Morgan fingerprint density at radius 2 is 2.18 bits per heavy atom. The zero-order chi connectivity index (χ0) is 16.3. The van der Waals surface area contributed by atoms with E-state index in [2.05, 4.69) is 10.2 Å². The van der Waals surface area contributed by atoms with Crippen molar-refractivity contribution in [3.8, 4) is 11.5 Å². The minimum Gasteiger partial charge on any atom is -0.480 e. The molecule has 0 radical (unpaired) electrons. The monoisotopic (exact) mass is 305 g/mol. The van der Waals surface area contributed by atoms with Crippen molar-refractivity contribution >= 4 is 11.9 Å². The van der Waals surface area contributed by atoms with Crippen LogP contribution in [0.3, 0.4) is 0 Å². The first kappa shape index (κ1) is 15.8. The summed E-state index contributed by atoms with van der Waals surface area (Å²) in [7, 11) is 0. The maximum absolute atomic E-state index is 12.5. The molecule has 0 fully saturated rings. The van der Waals surface area contributed by atoms with E-state index >= 15 is 0 Å². The number of aromatic amines is 1. The summed E-state index contributed by atoms with van der Waals surface area (Å²) in [5, 5.41) is 15.7. The molecule has 2 aromatic heterocycles. The Hall–Kier alpha value is -2.57. The van der Waals surface area contributed by atoms with Crippen LogP contribution in [0.5, 0.6) is 0 Å². The standard InChI is InChI=1S/C15H19N3O4/c1-4-9(2)18(8-14(19)20)15(21)12-7-11(16-17-12)13-6-5-10(3)22-13/h5-7,9H,4,8H2,1-3H3,(H,16,17)(H,19,20). The van der Waals surface area contributed by atoms with E-state index in [9.17, 15) is 9.59 Å². The minimum absolute atomic E-state index is 0.172. The molecule has 7 nitrogen and oxygen atoms in total. The number of hydrogen-bond acceptors (Lipinski definition) is 4. The molecule has 0 bridgehead atoms. The highest BCUT2D eigenvalue weighted by molar-refractivity contribution is 5.95. The third-order valence-corrected chi connectivity index (χ3v) is 3.49. The van der Waals surface area contributed by atoms with Gasteiger partial charge in [-0.2, -0.15) is 5.10 Å². The van der Waals surface area contributed by atoms with Crippen molar-refractivity contribution in [1.29, 1.82) is 0 Å². The summed E-state index contributed by atoms with van der Waals surface area (Å²) in [6.07, 6.45) is 0.660. The molecule has 0 saturated carbocycles. The van der Waals surface area contributed by atoms with Gasteiger partial charge in [-0.1, -0.05) is 6.92 Å². The van der Waals surface area contributed by atoms with E-state index in [-0.39, 0.29) is 18.3 Å². The van der Waals surface area contributed by atoms with E-state index in [4.69, 9.17) is 9.52 Å². The lowest BCUT2D eigenvalue weighted by Gasteiger charge is -2.25. The predicted molar refractivity (Wildman–Crippen MR) is 79.5 cm³/mol. The number of rotatable bonds is 6. The van der Waals surface area contributed by atoms with Crippen LogP contribution < -0.4 is 0 Å². The zero-order valence-electron chi connectivity index (χ0n) is 12.8. The molecular formula is C15H19N3O4. The van der Waals surface area contributed by atoms with Gasteiger partial charge in [0.05, 0.1) is 0 Å². The van der Waals surface area contributed by atoms with E-state index in [0.717, 1.165) is 5.76 Å². The molecule has 7 heteroatoms. The van der Waals surface area contributed by atoms with Crippen LogP contribution in [0.25, 0.3) is 11.5 Å². The van der Waals surface area contributed by atoms with Crippen molar-refractivity contribution in [3.05, 3.63) is 29.7 Å². The van der Waals surface area contributed by atoms with Crippen molar-refractivity contribution in [2.75, 3.05) is 6.54 Å². The van der Waals surface area contributed by atoms with Gasteiger partial charge in [-0.25, -0.2) is 0 Å². The topological polar surface area (TPSA) is 99.4 Å². The minimum atomic E-state index is -1.05. The third kappa shape index (κ3) is 3.36. The van der Waals surface area contributed by atoms with Gasteiger partial charge in [0.15, 0.2) is 11.5 Å². The van der Waals surface area contributed by atoms with Crippen molar-refractivity contribution in [3.63, 3.8) is 0 Å². The molecule has 0 aliphatic carbocycles. The molecule has 0 aliphatic rings. The maximum atomic E-state index is 12.5. The summed E-state index contributed by atoms with van der Waals surface area (Å²) in [6.45, 7) is 5.18. The molecule has 22 heavy (non-hydrogen) atoms. The summed E-state index contributed by atoms with van der Waals surface area (Å²) < 4.78 is 5.47. The van der Waals surface area contributed by atoms with Crippen molar-refractivity contribution in [2.24, 2.45) is 0 Å². The van der Waals surface area contributed by atoms with Gasteiger partial charge in [0, 0.05) is 12.1 Å². The molecule has 1 unspecified atom stereocenters. The highest BCUT2D eigenvalue weighted by atomic mass is 16.4. The number of nitrogens with zero attached hydrogens (tertiary/aromatic N) is 2. The fourth-order valence-corrected chi connectivity index (χ4v) is 2.08. The summed E-state index contributed by atoms with van der Waals surface area (Å²) in [5.74, 6) is -0.129. The molecule has 0 saturated heterocycles. The van der Waals surface area contributed by atoms with Crippen LogP contribution in [0, 0.1) is 6.92 Å². The molecule has 2 aromatic rings. The zero-order valence-corrected chi connectivity index (χ0v) is 12.8. The Morgan fingerprint density at radius 1 is 1.45 bits per heavy atom. The second-order valence-corrected chi connectivity index (χ2v) is 5.16. The average molecular weight is 305 g/mol. The number of nitrogens with one attached hydrogen (secondary N) is 1. The highest BCUT2D eigenvalue weighted by Gasteiger charge is 2.25. The largest absolute Gasteiger partial charge is 0.480 e. The number of carbonyl (C=O) groups is 2. The van der Waals surface area contributed by atoms with Gasteiger partial charge in [-0.3, -0.25) is 14.7 Å². The SMILES string of the molecule is CCC(C)N(CC(=O)O)C(=O)c1cc(-c2ccc(C)o2)[nH]n1. The number of carbonyl (C=O) groups excluding carboxylic acids is 1. The van der Waals surface area contributed by atoms with E-state index in [1.807, 2.05) is 26.8 Å². The fourth-order valence-electron chi connectivity index (χ4n) is 2.08. The quantitative estimate of drug-likeness (QED) is 0.853. The molecule has 2 heterocycles. The van der Waals surface area contributed by atoms with E-state index < -0.39 is 11.9 Å². The number of aryl methyl sites for hydroxylation is 1. The normalized spacial score (nSPS) is 12.1. The first-order chi connectivity index (χ1) is 10.4. The molecular weight excluding hydrogens is 286 g/mol. The fraction of sp³-hybridized carbons (Fsp3) is 0.400. The van der Waals surface area contributed by atoms with Crippen LogP contribution in [-0.4, -0.2) is 44.7 Å². The number of amides is 1. The Morgan fingerprint density at radius 3 is 2.73 bits per heavy atom.